The van der Waals surface area contributed by atoms with Crippen LogP contribution in [0.3, 0.4) is 0 Å². The summed E-state index contributed by atoms with van der Waals surface area (Å²) in [6.45, 7) is 6.30. The van der Waals surface area contributed by atoms with Crippen LogP contribution in [0.25, 0.3) is 0 Å². The molecule has 1 heterocycles. The average Bonchev–Trinajstić information content (AvgIpc) is 2.64. The Hall–Kier alpha value is -1.51. The van der Waals surface area contributed by atoms with Crippen molar-refractivity contribution in [2.45, 2.75) is 33.6 Å². The quantitative estimate of drug-likeness (QED) is 0.874. The topological polar surface area (TPSA) is 46.5 Å². The molecular formula is C14H18O3. The molecule has 1 aliphatic rings. The van der Waals surface area contributed by atoms with E-state index in [0.717, 1.165) is 24.3 Å². The molecule has 0 aliphatic carbocycles. The fourth-order valence-corrected chi connectivity index (χ4v) is 2.26. The molecule has 0 fully saturated rings. The summed E-state index contributed by atoms with van der Waals surface area (Å²) in [5.41, 5.74) is 2.77. The molecule has 92 valence electrons. The molecule has 1 aromatic rings. The molecular weight excluding hydrogens is 216 g/mol. The second-order valence-corrected chi connectivity index (χ2v) is 5.35. The van der Waals surface area contributed by atoms with Gasteiger partial charge >= 0.3 is 5.97 Å². The highest BCUT2D eigenvalue weighted by atomic mass is 16.5. The first-order valence-electron chi connectivity index (χ1n) is 5.89. The van der Waals surface area contributed by atoms with E-state index < -0.39 is 11.4 Å². The molecule has 1 aromatic carbocycles. The summed E-state index contributed by atoms with van der Waals surface area (Å²) in [5, 5.41) is 9.13. The van der Waals surface area contributed by atoms with Crippen LogP contribution in [0.5, 0.6) is 5.75 Å². The van der Waals surface area contributed by atoms with Crippen molar-refractivity contribution >= 4 is 5.97 Å². The maximum absolute atomic E-state index is 11.1. The van der Waals surface area contributed by atoms with Crippen LogP contribution in [0, 0.1) is 12.3 Å². The largest absolute Gasteiger partial charge is 0.493 e. The van der Waals surface area contributed by atoms with E-state index in [4.69, 9.17) is 9.84 Å². The lowest BCUT2D eigenvalue weighted by Gasteiger charge is -2.19. The number of hydrogen-bond acceptors (Lipinski definition) is 2. The summed E-state index contributed by atoms with van der Waals surface area (Å²) < 4.78 is 5.55. The number of benzene rings is 1. The molecule has 1 N–H and O–H groups in total. The summed E-state index contributed by atoms with van der Waals surface area (Å²) in [5.74, 6) is 0.165. The average molecular weight is 234 g/mol. The fourth-order valence-electron chi connectivity index (χ4n) is 2.26. The number of carbonyl (C=O) groups is 1. The minimum atomic E-state index is -0.767. The van der Waals surface area contributed by atoms with Gasteiger partial charge in [0, 0.05) is 12.0 Å². The molecule has 0 spiro atoms. The van der Waals surface area contributed by atoms with Crippen molar-refractivity contribution < 1.29 is 14.6 Å². The fraction of sp³-hybridized carbons (Fsp3) is 0.500. The number of carboxylic acid groups (broad SMARTS) is 1. The first-order valence-corrected chi connectivity index (χ1v) is 5.89. The Morgan fingerprint density at radius 1 is 1.47 bits per heavy atom. The van der Waals surface area contributed by atoms with Crippen LogP contribution in [-0.2, 0) is 17.6 Å². The van der Waals surface area contributed by atoms with E-state index in [0.29, 0.717) is 6.42 Å². The minimum Gasteiger partial charge on any atom is -0.493 e. The Morgan fingerprint density at radius 3 is 2.82 bits per heavy atom. The Balaban J connectivity index is 2.29. The molecule has 0 saturated carbocycles. The second kappa shape index (κ2) is 4.06. The van der Waals surface area contributed by atoms with Crippen molar-refractivity contribution in [2.24, 2.45) is 5.41 Å². The van der Waals surface area contributed by atoms with Crippen LogP contribution < -0.4 is 4.74 Å². The van der Waals surface area contributed by atoms with E-state index in [1.165, 1.54) is 11.1 Å². The van der Waals surface area contributed by atoms with Crippen LogP contribution in [-0.4, -0.2) is 17.7 Å². The van der Waals surface area contributed by atoms with Gasteiger partial charge in [0.15, 0.2) is 0 Å². The number of carboxylic acids is 1. The third-order valence-electron chi connectivity index (χ3n) is 3.33. The number of fused-ring (bicyclic) bond motifs is 1. The van der Waals surface area contributed by atoms with Crippen LogP contribution in [0.1, 0.15) is 30.5 Å². The first-order chi connectivity index (χ1) is 7.90. The number of ether oxygens (including phenoxy) is 1. The number of rotatable bonds is 3. The third-order valence-corrected chi connectivity index (χ3v) is 3.33. The second-order valence-electron chi connectivity index (χ2n) is 5.35. The molecule has 1 aliphatic heterocycles. The predicted octanol–water partition coefficient (Wildman–Crippen LogP) is 2.58. The molecule has 0 bridgehead atoms. The standard InChI is InChI=1S/C14H18O3/c1-9-6-10(8-14(2,3)13(15)16)7-12-11(9)4-5-17-12/h6-7H,4-5,8H2,1-3H3,(H,15,16). The molecule has 2 rings (SSSR count). The lowest BCUT2D eigenvalue weighted by molar-refractivity contribution is -0.146. The molecule has 0 radical (unpaired) electrons. The third kappa shape index (κ3) is 2.28. The molecule has 0 aromatic heterocycles. The van der Waals surface area contributed by atoms with Crippen molar-refractivity contribution in [1.29, 1.82) is 0 Å². The molecule has 3 heteroatoms. The van der Waals surface area contributed by atoms with E-state index >= 15 is 0 Å². The SMILES string of the molecule is Cc1cc(CC(C)(C)C(=O)O)cc2c1CCO2. The highest BCUT2D eigenvalue weighted by molar-refractivity contribution is 5.74. The van der Waals surface area contributed by atoms with Gasteiger partial charge in [0.1, 0.15) is 5.75 Å². The van der Waals surface area contributed by atoms with Crippen LogP contribution in [0.2, 0.25) is 0 Å². The Labute approximate surface area is 101 Å². The molecule has 3 nitrogen and oxygen atoms in total. The van der Waals surface area contributed by atoms with E-state index in [-0.39, 0.29) is 0 Å². The molecule has 0 unspecified atom stereocenters. The van der Waals surface area contributed by atoms with E-state index in [1.807, 2.05) is 6.07 Å². The maximum Gasteiger partial charge on any atom is 0.309 e. The monoisotopic (exact) mass is 234 g/mol. The van der Waals surface area contributed by atoms with Crippen molar-refractivity contribution in [3.63, 3.8) is 0 Å². The van der Waals surface area contributed by atoms with Gasteiger partial charge in [0.25, 0.3) is 0 Å². The zero-order chi connectivity index (χ0) is 12.6. The molecule has 17 heavy (non-hydrogen) atoms. The Kier molecular flexibility index (Phi) is 2.86. The van der Waals surface area contributed by atoms with Crippen molar-refractivity contribution in [3.8, 4) is 5.75 Å². The molecule has 0 atom stereocenters. The summed E-state index contributed by atoms with van der Waals surface area (Å²) in [7, 11) is 0. The number of aliphatic carboxylic acids is 1. The van der Waals surface area contributed by atoms with Crippen LogP contribution >= 0.6 is 0 Å². The summed E-state index contributed by atoms with van der Waals surface area (Å²) >= 11 is 0. The highest BCUT2D eigenvalue weighted by Gasteiger charge is 2.28. The van der Waals surface area contributed by atoms with Crippen molar-refractivity contribution in [1.82, 2.24) is 0 Å². The molecule has 0 saturated heterocycles. The minimum absolute atomic E-state index is 0.528. The zero-order valence-corrected chi connectivity index (χ0v) is 10.5. The normalized spacial score (nSPS) is 14.3. The van der Waals surface area contributed by atoms with Gasteiger partial charge in [-0.05, 0) is 44.4 Å². The maximum atomic E-state index is 11.1. The first kappa shape index (κ1) is 12.0. The van der Waals surface area contributed by atoms with Gasteiger partial charge in [-0.2, -0.15) is 0 Å². The van der Waals surface area contributed by atoms with Gasteiger partial charge in [-0.15, -0.1) is 0 Å². The van der Waals surface area contributed by atoms with E-state index in [1.54, 1.807) is 13.8 Å². The van der Waals surface area contributed by atoms with Gasteiger partial charge in [0.05, 0.1) is 12.0 Å². The number of hydrogen-bond donors (Lipinski definition) is 1. The zero-order valence-electron chi connectivity index (χ0n) is 10.5. The van der Waals surface area contributed by atoms with Gasteiger partial charge in [-0.25, -0.2) is 0 Å². The summed E-state index contributed by atoms with van der Waals surface area (Å²) in [6.07, 6.45) is 1.49. The lowest BCUT2D eigenvalue weighted by Crippen LogP contribution is -2.26. The Bertz CT molecular complexity index is 461. The van der Waals surface area contributed by atoms with E-state index in [9.17, 15) is 4.79 Å². The predicted molar refractivity (Wildman–Crippen MR) is 65.5 cm³/mol. The van der Waals surface area contributed by atoms with E-state index in [2.05, 4.69) is 13.0 Å². The van der Waals surface area contributed by atoms with Gasteiger partial charge in [-0.1, -0.05) is 6.07 Å². The van der Waals surface area contributed by atoms with Crippen molar-refractivity contribution in [2.75, 3.05) is 6.61 Å². The van der Waals surface area contributed by atoms with Crippen molar-refractivity contribution in [3.05, 3.63) is 28.8 Å². The van der Waals surface area contributed by atoms with Gasteiger partial charge in [0.2, 0.25) is 0 Å². The highest BCUT2D eigenvalue weighted by Crippen LogP contribution is 2.32. The van der Waals surface area contributed by atoms with Gasteiger partial charge in [-0.3, -0.25) is 4.79 Å². The number of aryl methyl sites for hydroxylation is 1. The molecule has 0 amide bonds. The smallest absolute Gasteiger partial charge is 0.309 e. The van der Waals surface area contributed by atoms with Crippen LogP contribution in [0.4, 0.5) is 0 Å². The lowest BCUT2D eigenvalue weighted by atomic mass is 9.85. The van der Waals surface area contributed by atoms with Gasteiger partial charge < -0.3 is 9.84 Å². The Morgan fingerprint density at radius 2 is 2.18 bits per heavy atom. The summed E-state index contributed by atoms with van der Waals surface area (Å²) in [6, 6.07) is 4.07. The summed E-state index contributed by atoms with van der Waals surface area (Å²) in [4.78, 5) is 11.1. The van der Waals surface area contributed by atoms with Crippen LogP contribution in [0.15, 0.2) is 12.1 Å².